The Labute approximate surface area is 166 Å². The number of nitrogens with one attached hydrogen (secondary N) is 2. The van der Waals surface area contributed by atoms with Crippen molar-refractivity contribution in [1.82, 2.24) is 19.6 Å². The highest BCUT2D eigenvalue weighted by atomic mass is 19.4. The molecular weight excluding hydrogens is 401 g/mol. The smallest absolute Gasteiger partial charge is 0.433 e. The molecule has 8 nitrogen and oxygen atoms in total. The topological polar surface area (TPSA) is 108 Å². The summed E-state index contributed by atoms with van der Waals surface area (Å²) in [6.45, 7) is 0. The van der Waals surface area contributed by atoms with E-state index in [1.54, 1.807) is 54.9 Å². The van der Waals surface area contributed by atoms with Crippen LogP contribution >= 0.6 is 0 Å². The van der Waals surface area contributed by atoms with Crippen LogP contribution in [-0.4, -0.2) is 19.6 Å². The number of H-pyrrole nitrogens is 1. The van der Waals surface area contributed by atoms with Crippen molar-refractivity contribution in [1.29, 1.82) is 5.26 Å². The number of nitriles is 1. The second kappa shape index (κ2) is 7.25. The number of halogens is 3. The van der Waals surface area contributed by atoms with Gasteiger partial charge in [-0.15, -0.1) is 0 Å². The van der Waals surface area contributed by atoms with E-state index in [4.69, 9.17) is 4.74 Å². The van der Waals surface area contributed by atoms with Gasteiger partial charge in [-0.2, -0.15) is 22.9 Å². The molecule has 0 bridgehead atoms. The molecule has 150 valence electrons. The normalized spacial score (nSPS) is 11.3. The minimum absolute atomic E-state index is 0.0317. The lowest BCUT2D eigenvalue weighted by Gasteiger charge is -2.07. The van der Waals surface area contributed by atoms with E-state index in [-0.39, 0.29) is 11.4 Å². The Balaban J connectivity index is 1.64. The third kappa shape index (κ3) is 3.66. The fraction of sp³-hybridized carbons (Fsp3) is 0.0526. The molecule has 0 aliphatic rings. The van der Waals surface area contributed by atoms with Crippen LogP contribution in [0.1, 0.15) is 11.3 Å². The molecule has 0 aliphatic heterocycles. The van der Waals surface area contributed by atoms with Gasteiger partial charge in [-0.05, 0) is 36.4 Å². The minimum atomic E-state index is -4.81. The standard InChI is InChI=1S/C19H11F3N6O2/c20-19(21,22)15-9-16(29)28-18(26-15)14(10-23)17(27-28)25-11-1-3-12(4-2-11)30-13-5-7-24-8-6-13/h1-9,25,27H. The van der Waals surface area contributed by atoms with Gasteiger partial charge in [0.2, 0.25) is 0 Å². The summed E-state index contributed by atoms with van der Waals surface area (Å²) < 4.78 is 45.3. The molecule has 0 fully saturated rings. The lowest BCUT2D eigenvalue weighted by Crippen LogP contribution is -2.20. The number of rotatable bonds is 4. The van der Waals surface area contributed by atoms with E-state index in [0.29, 0.717) is 23.3 Å². The molecule has 0 saturated carbocycles. The highest BCUT2D eigenvalue weighted by molar-refractivity contribution is 5.72. The summed E-state index contributed by atoms with van der Waals surface area (Å²) in [5.74, 6) is 1.17. The maximum atomic E-state index is 12.9. The van der Waals surface area contributed by atoms with Crippen LogP contribution in [0.15, 0.2) is 59.7 Å². The molecule has 0 spiro atoms. The van der Waals surface area contributed by atoms with Gasteiger partial charge in [-0.1, -0.05) is 0 Å². The monoisotopic (exact) mass is 412 g/mol. The van der Waals surface area contributed by atoms with Gasteiger partial charge in [0.15, 0.2) is 11.3 Å². The Hall–Kier alpha value is -4.33. The van der Waals surface area contributed by atoms with Gasteiger partial charge >= 0.3 is 6.18 Å². The molecule has 4 rings (SSSR count). The maximum absolute atomic E-state index is 12.9. The van der Waals surface area contributed by atoms with Crippen molar-refractivity contribution in [3.8, 4) is 17.6 Å². The van der Waals surface area contributed by atoms with Crippen molar-refractivity contribution in [2.75, 3.05) is 5.32 Å². The summed E-state index contributed by atoms with van der Waals surface area (Å²) in [5.41, 5.74) is -2.50. The summed E-state index contributed by atoms with van der Waals surface area (Å²) in [7, 11) is 0. The summed E-state index contributed by atoms with van der Waals surface area (Å²) in [5, 5.41) is 14.8. The van der Waals surface area contributed by atoms with E-state index >= 15 is 0 Å². The van der Waals surface area contributed by atoms with Crippen LogP contribution in [-0.2, 0) is 6.18 Å². The average Bonchev–Trinajstić information content (AvgIpc) is 3.07. The Morgan fingerprint density at radius 1 is 1.10 bits per heavy atom. The first-order valence-electron chi connectivity index (χ1n) is 8.43. The first-order chi connectivity index (χ1) is 14.3. The van der Waals surface area contributed by atoms with Gasteiger partial charge < -0.3 is 10.1 Å². The van der Waals surface area contributed by atoms with Gasteiger partial charge in [0.1, 0.15) is 28.9 Å². The third-order valence-corrected chi connectivity index (χ3v) is 4.03. The molecule has 3 aromatic heterocycles. The Morgan fingerprint density at radius 2 is 1.77 bits per heavy atom. The molecule has 0 amide bonds. The molecule has 1 aromatic carbocycles. The van der Waals surface area contributed by atoms with E-state index < -0.39 is 23.1 Å². The Morgan fingerprint density at radius 3 is 2.40 bits per heavy atom. The summed E-state index contributed by atoms with van der Waals surface area (Å²) in [4.78, 5) is 19.3. The van der Waals surface area contributed by atoms with Crippen molar-refractivity contribution in [2.24, 2.45) is 0 Å². The zero-order valence-electron chi connectivity index (χ0n) is 14.9. The highest BCUT2D eigenvalue weighted by Crippen LogP contribution is 2.29. The molecule has 0 radical (unpaired) electrons. The van der Waals surface area contributed by atoms with Crippen LogP contribution in [0.2, 0.25) is 0 Å². The van der Waals surface area contributed by atoms with Gasteiger partial charge in [0, 0.05) is 24.1 Å². The van der Waals surface area contributed by atoms with Gasteiger partial charge in [0.05, 0.1) is 0 Å². The number of benzene rings is 1. The fourth-order valence-corrected chi connectivity index (χ4v) is 2.67. The highest BCUT2D eigenvalue weighted by Gasteiger charge is 2.34. The van der Waals surface area contributed by atoms with E-state index in [9.17, 15) is 23.2 Å². The molecule has 30 heavy (non-hydrogen) atoms. The lowest BCUT2D eigenvalue weighted by atomic mass is 10.2. The molecule has 0 unspecified atom stereocenters. The molecule has 0 aliphatic carbocycles. The van der Waals surface area contributed by atoms with Crippen LogP contribution in [0.5, 0.6) is 11.5 Å². The predicted octanol–water partition coefficient (Wildman–Crippen LogP) is 3.84. The van der Waals surface area contributed by atoms with Gasteiger partial charge in [-0.25, -0.2) is 4.98 Å². The van der Waals surface area contributed by atoms with Gasteiger partial charge in [0.25, 0.3) is 5.56 Å². The predicted molar refractivity (Wildman–Crippen MR) is 99.6 cm³/mol. The molecular formula is C19H11F3N6O2. The van der Waals surface area contributed by atoms with E-state index in [0.717, 1.165) is 4.52 Å². The Bertz CT molecular complexity index is 1310. The maximum Gasteiger partial charge on any atom is 0.433 e. The number of hydrogen-bond acceptors (Lipinski definition) is 6. The van der Waals surface area contributed by atoms with Crippen LogP contribution in [0, 0.1) is 11.3 Å². The second-order valence-electron chi connectivity index (χ2n) is 6.04. The number of nitrogens with zero attached hydrogens (tertiary/aromatic N) is 4. The lowest BCUT2D eigenvalue weighted by molar-refractivity contribution is -0.141. The van der Waals surface area contributed by atoms with E-state index in [1.165, 1.54) is 0 Å². The molecule has 0 atom stereocenters. The van der Waals surface area contributed by atoms with Crippen LogP contribution < -0.4 is 15.6 Å². The summed E-state index contributed by atoms with van der Waals surface area (Å²) >= 11 is 0. The zero-order valence-corrected chi connectivity index (χ0v) is 14.9. The van der Waals surface area contributed by atoms with E-state index in [2.05, 4.69) is 20.4 Å². The third-order valence-electron chi connectivity index (χ3n) is 4.03. The first-order valence-corrected chi connectivity index (χ1v) is 8.43. The number of ether oxygens (including phenoxy) is 1. The number of aromatic nitrogens is 4. The SMILES string of the molecule is N#Cc1c(Nc2ccc(Oc3ccncc3)cc2)[nH]n2c(=O)cc(C(F)(F)F)nc12. The second-order valence-corrected chi connectivity index (χ2v) is 6.04. The fourth-order valence-electron chi connectivity index (χ4n) is 2.67. The Kier molecular flexibility index (Phi) is 4.59. The number of pyridine rings is 1. The van der Waals surface area contributed by atoms with Crippen LogP contribution in [0.3, 0.4) is 0 Å². The summed E-state index contributed by atoms with van der Waals surface area (Å²) in [6, 6.07) is 12.1. The molecule has 2 N–H and O–H groups in total. The van der Waals surface area contributed by atoms with Crippen molar-refractivity contribution in [2.45, 2.75) is 6.18 Å². The van der Waals surface area contributed by atoms with E-state index in [1.807, 2.05) is 0 Å². The van der Waals surface area contributed by atoms with Crippen molar-refractivity contribution < 1.29 is 17.9 Å². The summed E-state index contributed by atoms with van der Waals surface area (Å²) in [6.07, 6.45) is -1.63. The molecule has 3 heterocycles. The van der Waals surface area contributed by atoms with Crippen molar-refractivity contribution in [3.63, 3.8) is 0 Å². The number of fused-ring (bicyclic) bond motifs is 1. The van der Waals surface area contributed by atoms with Gasteiger partial charge in [-0.3, -0.25) is 14.9 Å². The zero-order chi connectivity index (χ0) is 21.3. The quantitative estimate of drug-likeness (QED) is 0.527. The molecule has 0 saturated heterocycles. The number of anilines is 2. The number of aromatic amines is 1. The number of hydrogen-bond donors (Lipinski definition) is 2. The van der Waals surface area contributed by atoms with Crippen molar-refractivity contribution in [3.05, 3.63) is 76.5 Å². The minimum Gasteiger partial charge on any atom is -0.457 e. The van der Waals surface area contributed by atoms with Crippen molar-refractivity contribution >= 4 is 17.2 Å². The first kappa shape index (κ1) is 19.0. The van der Waals surface area contributed by atoms with Crippen LogP contribution in [0.25, 0.3) is 5.65 Å². The number of alkyl halides is 3. The average molecular weight is 412 g/mol. The molecule has 11 heteroatoms. The largest absolute Gasteiger partial charge is 0.457 e. The molecule has 4 aromatic rings. The van der Waals surface area contributed by atoms with Crippen LogP contribution in [0.4, 0.5) is 24.7 Å².